The van der Waals surface area contributed by atoms with Crippen molar-refractivity contribution in [1.82, 2.24) is 10.3 Å². The van der Waals surface area contributed by atoms with Crippen molar-refractivity contribution < 1.29 is 18.0 Å². The Labute approximate surface area is 134 Å². The average Bonchev–Trinajstić information content (AvgIpc) is 2.95. The van der Waals surface area contributed by atoms with Crippen LogP contribution in [0.2, 0.25) is 0 Å². The molecule has 0 aliphatic rings. The highest BCUT2D eigenvalue weighted by atomic mass is 32.1. The molecule has 120 valence electrons. The van der Waals surface area contributed by atoms with Crippen molar-refractivity contribution in [1.29, 1.82) is 5.26 Å². The molecule has 4 nitrogen and oxygen atoms in total. The highest BCUT2D eigenvalue weighted by Crippen LogP contribution is 2.22. The Morgan fingerprint density at radius 2 is 2.00 bits per heavy atom. The fraction of sp³-hybridized carbons (Fsp3) is 0.267. The van der Waals surface area contributed by atoms with Crippen LogP contribution in [0.1, 0.15) is 21.8 Å². The number of carbonyl (C=O) groups is 1. The van der Waals surface area contributed by atoms with Crippen molar-refractivity contribution in [3.63, 3.8) is 0 Å². The summed E-state index contributed by atoms with van der Waals surface area (Å²) in [6, 6.07) is 8.42. The van der Waals surface area contributed by atoms with Crippen molar-refractivity contribution in [2.45, 2.75) is 19.0 Å². The zero-order valence-corrected chi connectivity index (χ0v) is 12.7. The summed E-state index contributed by atoms with van der Waals surface area (Å²) in [5.41, 5.74) is 1.75. The molecule has 0 unspecified atom stereocenters. The number of aromatic nitrogens is 1. The monoisotopic (exact) mass is 339 g/mol. The van der Waals surface area contributed by atoms with E-state index in [0.717, 1.165) is 5.56 Å². The number of halogens is 3. The topological polar surface area (TPSA) is 65.8 Å². The standard InChI is InChI=1S/C15H12F3N3OS/c16-15(17,18)6-8-20-14(22)11-3-1-10(2-4-11)12-9-23-13(21-12)5-7-19/h1-4,9H,5-6,8H2,(H,20,22). The Balaban J connectivity index is 1.98. The Morgan fingerprint density at radius 1 is 1.30 bits per heavy atom. The van der Waals surface area contributed by atoms with Gasteiger partial charge in [0.05, 0.1) is 24.6 Å². The molecule has 2 aromatic rings. The van der Waals surface area contributed by atoms with Crippen LogP contribution in [-0.2, 0) is 6.42 Å². The van der Waals surface area contributed by atoms with Crippen LogP contribution in [0.3, 0.4) is 0 Å². The maximum absolute atomic E-state index is 12.0. The molecule has 1 N–H and O–H groups in total. The highest BCUT2D eigenvalue weighted by Gasteiger charge is 2.26. The quantitative estimate of drug-likeness (QED) is 0.906. The first kappa shape index (κ1) is 17.0. The van der Waals surface area contributed by atoms with Crippen LogP contribution in [0.5, 0.6) is 0 Å². The van der Waals surface area contributed by atoms with E-state index >= 15 is 0 Å². The molecule has 2 rings (SSSR count). The molecule has 0 saturated heterocycles. The van der Waals surface area contributed by atoms with Crippen molar-refractivity contribution in [3.8, 4) is 17.3 Å². The van der Waals surface area contributed by atoms with Crippen LogP contribution in [0.15, 0.2) is 29.6 Å². The number of benzene rings is 1. The van der Waals surface area contributed by atoms with Crippen LogP contribution in [0, 0.1) is 11.3 Å². The van der Waals surface area contributed by atoms with E-state index < -0.39 is 25.0 Å². The summed E-state index contributed by atoms with van der Waals surface area (Å²) >= 11 is 1.37. The number of alkyl halides is 3. The summed E-state index contributed by atoms with van der Waals surface area (Å²) < 4.78 is 36.1. The molecule has 1 aromatic carbocycles. The fourth-order valence-electron chi connectivity index (χ4n) is 1.80. The number of hydrogen-bond acceptors (Lipinski definition) is 4. The molecule has 0 saturated carbocycles. The lowest BCUT2D eigenvalue weighted by atomic mass is 10.1. The molecule has 23 heavy (non-hydrogen) atoms. The number of thiazole rings is 1. The Bertz CT molecular complexity index is 717. The number of rotatable bonds is 5. The second-order valence-electron chi connectivity index (χ2n) is 4.66. The lowest BCUT2D eigenvalue weighted by molar-refractivity contribution is -0.132. The van der Waals surface area contributed by atoms with Gasteiger partial charge in [-0.2, -0.15) is 18.4 Å². The zero-order chi connectivity index (χ0) is 16.9. The Kier molecular flexibility index (Phi) is 5.34. The molecular weight excluding hydrogens is 327 g/mol. The second-order valence-corrected chi connectivity index (χ2v) is 5.60. The summed E-state index contributed by atoms with van der Waals surface area (Å²) in [7, 11) is 0. The van der Waals surface area contributed by atoms with Crippen molar-refractivity contribution >= 4 is 17.2 Å². The zero-order valence-electron chi connectivity index (χ0n) is 11.9. The van der Waals surface area contributed by atoms with Crippen molar-refractivity contribution in [3.05, 3.63) is 40.2 Å². The minimum atomic E-state index is -4.29. The second kappa shape index (κ2) is 7.24. The van der Waals surface area contributed by atoms with E-state index in [1.54, 1.807) is 12.1 Å². The van der Waals surface area contributed by atoms with Crippen molar-refractivity contribution in [2.24, 2.45) is 0 Å². The third kappa shape index (κ3) is 5.07. The SMILES string of the molecule is N#CCc1nc(-c2ccc(C(=O)NCCC(F)(F)F)cc2)cs1. The molecule has 1 amide bonds. The maximum atomic E-state index is 12.0. The summed E-state index contributed by atoms with van der Waals surface area (Å²) in [4.78, 5) is 16.0. The molecule has 8 heteroatoms. The van der Waals surface area contributed by atoms with E-state index in [1.807, 2.05) is 11.4 Å². The van der Waals surface area contributed by atoms with Gasteiger partial charge < -0.3 is 5.32 Å². The maximum Gasteiger partial charge on any atom is 0.390 e. The summed E-state index contributed by atoms with van der Waals surface area (Å²) in [5, 5.41) is 13.4. The fourth-order valence-corrected chi connectivity index (χ4v) is 2.54. The van der Waals surface area contributed by atoms with Crippen LogP contribution in [0.25, 0.3) is 11.3 Å². The first-order valence-corrected chi connectivity index (χ1v) is 7.54. The minimum Gasteiger partial charge on any atom is -0.352 e. The van der Waals surface area contributed by atoms with Crippen LogP contribution in [-0.4, -0.2) is 23.6 Å². The third-order valence-electron chi connectivity index (χ3n) is 2.92. The predicted molar refractivity (Wildman–Crippen MR) is 79.9 cm³/mol. The lowest BCUT2D eigenvalue weighted by Crippen LogP contribution is -2.27. The van der Waals surface area contributed by atoms with E-state index in [9.17, 15) is 18.0 Å². The van der Waals surface area contributed by atoms with Crippen LogP contribution in [0.4, 0.5) is 13.2 Å². The molecule has 0 aliphatic heterocycles. The van der Waals surface area contributed by atoms with Crippen molar-refractivity contribution in [2.75, 3.05) is 6.54 Å². The number of hydrogen-bond donors (Lipinski definition) is 1. The van der Waals surface area contributed by atoms with E-state index in [2.05, 4.69) is 10.3 Å². The summed E-state index contributed by atoms with van der Waals surface area (Å²) in [6.45, 7) is -0.451. The van der Waals surface area contributed by atoms with Gasteiger partial charge in [0.1, 0.15) is 5.01 Å². The Hall–Kier alpha value is -2.40. The number of amides is 1. The molecule has 1 aromatic heterocycles. The van der Waals surface area contributed by atoms with Gasteiger partial charge in [-0.25, -0.2) is 4.98 Å². The van der Waals surface area contributed by atoms with E-state index in [-0.39, 0.29) is 12.0 Å². The minimum absolute atomic E-state index is 0.240. The largest absolute Gasteiger partial charge is 0.390 e. The van der Waals surface area contributed by atoms with Gasteiger partial charge in [-0.3, -0.25) is 4.79 Å². The van der Waals surface area contributed by atoms with Gasteiger partial charge in [-0.15, -0.1) is 11.3 Å². The first-order chi connectivity index (χ1) is 10.9. The van der Waals surface area contributed by atoms with Gasteiger partial charge in [-0.05, 0) is 12.1 Å². The molecule has 0 aliphatic carbocycles. The van der Waals surface area contributed by atoms with E-state index in [1.165, 1.54) is 23.5 Å². The third-order valence-corrected chi connectivity index (χ3v) is 3.77. The van der Waals surface area contributed by atoms with Gasteiger partial charge in [0, 0.05) is 23.1 Å². The average molecular weight is 339 g/mol. The highest BCUT2D eigenvalue weighted by molar-refractivity contribution is 7.10. The van der Waals surface area contributed by atoms with Gasteiger partial charge in [0.15, 0.2) is 0 Å². The number of nitrogens with one attached hydrogen (secondary N) is 1. The summed E-state index contributed by atoms with van der Waals surface area (Å²) in [6.07, 6.45) is -5.11. The number of nitriles is 1. The molecule has 1 heterocycles. The first-order valence-electron chi connectivity index (χ1n) is 6.66. The van der Waals surface area contributed by atoms with E-state index in [0.29, 0.717) is 10.7 Å². The van der Waals surface area contributed by atoms with Gasteiger partial charge >= 0.3 is 6.18 Å². The van der Waals surface area contributed by atoms with Crippen LogP contribution >= 0.6 is 11.3 Å². The molecule has 0 bridgehead atoms. The lowest BCUT2D eigenvalue weighted by Gasteiger charge is -2.08. The smallest absolute Gasteiger partial charge is 0.352 e. The Morgan fingerprint density at radius 3 is 2.61 bits per heavy atom. The molecule has 0 fully saturated rings. The molecule has 0 atom stereocenters. The predicted octanol–water partition coefficient (Wildman–Crippen LogP) is 3.56. The van der Waals surface area contributed by atoms with Gasteiger partial charge in [0.25, 0.3) is 5.91 Å². The van der Waals surface area contributed by atoms with Crippen LogP contribution < -0.4 is 5.32 Å². The van der Waals surface area contributed by atoms with E-state index in [4.69, 9.17) is 5.26 Å². The summed E-state index contributed by atoms with van der Waals surface area (Å²) in [5.74, 6) is -0.552. The van der Waals surface area contributed by atoms with Gasteiger partial charge in [0.2, 0.25) is 0 Å². The number of carbonyl (C=O) groups excluding carboxylic acids is 1. The normalized spacial score (nSPS) is 11.0. The molecular formula is C15H12F3N3OS. The molecule has 0 radical (unpaired) electrons. The van der Waals surface area contributed by atoms with Gasteiger partial charge in [-0.1, -0.05) is 12.1 Å². The molecule has 0 spiro atoms. The number of nitrogens with zero attached hydrogens (tertiary/aromatic N) is 2.